The number of rotatable bonds is 7. The minimum atomic E-state index is -3.80. The molecule has 0 aliphatic heterocycles. The van der Waals surface area contributed by atoms with Gasteiger partial charge in [-0.3, -0.25) is 9.10 Å². The Kier molecular flexibility index (Phi) is 7.66. The van der Waals surface area contributed by atoms with E-state index in [0.29, 0.717) is 10.8 Å². The molecular formula is C23H31ClN2O4S. The lowest BCUT2D eigenvalue weighted by Crippen LogP contribution is -2.48. The van der Waals surface area contributed by atoms with Gasteiger partial charge >= 0.3 is 0 Å². The normalized spacial score (nSPS) is 13.9. The summed E-state index contributed by atoms with van der Waals surface area (Å²) in [5, 5.41) is 3.25. The van der Waals surface area contributed by atoms with Gasteiger partial charge in [-0.2, -0.15) is 0 Å². The van der Waals surface area contributed by atoms with E-state index in [9.17, 15) is 13.2 Å². The number of benzene rings is 2. The van der Waals surface area contributed by atoms with E-state index in [-0.39, 0.29) is 17.1 Å². The lowest BCUT2D eigenvalue weighted by Gasteiger charge is -2.30. The summed E-state index contributed by atoms with van der Waals surface area (Å²) in [6, 6.07) is 11.4. The van der Waals surface area contributed by atoms with E-state index in [2.05, 4.69) is 26.1 Å². The number of sulfonamides is 1. The van der Waals surface area contributed by atoms with Gasteiger partial charge in [-0.1, -0.05) is 56.6 Å². The second-order valence-electron chi connectivity index (χ2n) is 8.65. The minimum absolute atomic E-state index is 0.0333. The molecular weight excluding hydrogens is 436 g/mol. The number of anilines is 1. The van der Waals surface area contributed by atoms with Crippen LogP contribution in [0.4, 0.5) is 5.69 Å². The lowest BCUT2D eigenvalue weighted by molar-refractivity contribution is -0.122. The van der Waals surface area contributed by atoms with Crippen molar-refractivity contribution in [3.05, 3.63) is 58.6 Å². The molecule has 0 fully saturated rings. The van der Waals surface area contributed by atoms with Gasteiger partial charge in [0.05, 0.1) is 25.1 Å². The molecule has 2 aromatic carbocycles. The molecule has 0 unspecified atom stereocenters. The Morgan fingerprint density at radius 1 is 1.10 bits per heavy atom. The first-order valence-electron chi connectivity index (χ1n) is 9.99. The second kappa shape index (κ2) is 9.49. The largest absolute Gasteiger partial charge is 0.495 e. The molecule has 170 valence electrons. The predicted molar refractivity (Wildman–Crippen MR) is 126 cm³/mol. The van der Waals surface area contributed by atoms with Gasteiger partial charge < -0.3 is 10.1 Å². The summed E-state index contributed by atoms with van der Waals surface area (Å²) in [6.07, 6.45) is 1.05. The first kappa shape index (κ1) is 25.0. The molecule has 0 heterocycles. The molecule has 2 atom stereocenters. The van der Waals surface area contributed by atoms with Gasteiger partial charge in [0.15, 0.2) is 0 Å². The molecule has 0 saturated carbocycles. The number of methoxy groups -OCH3 is 1. The van der Waals surface area contributed by atoms with Crippen LogP contribution in [-0.4, -0.2) is 33.7 Å². The van der Waals surface area contributed by atoms with Crippen LogP contribution in [0.15, 0.2) is 42.5 Å². The number of ether oxygens (including phenoxy) is 1. The van der Waals surface area contributed by atoms with E-state index in [4.69, 9.17) is 16.3 Å². The molecule has 0 saturated heterocycles. The quantitative estimate of drug-likeness (QED) is 0.642. The Morgan fingerprint density at radius 3 is 2.16 bits per heavy atom. The van der Waals surface area contributed by atoms with Gasteiger partial charge in [0.25, 0.3) is 0 Å². The molecule has 0 aromatic heterocycles. The molecule has 31 heavy (non-hydrogen) atoms. The maximum absolute atomic E-state index is 13.0. The van der Waals surface area contributed by atoms with Crippen molar-refractivity contribution in [1.29, 1.82) is 0 Å². The SMILES string of the molecule is COc1ccc(Cl)cc1N([C@H](C)C(=O)N[C@H](C)c1ccc(C(C)(C)C)cc1)S(C)(=O)=O. The first-order valence-corrected chi connectivity index (χ1v) is 12.2. The van der Waals surface area contributed by atoms with Crippen LogP contribution in [-0.2, 0) is 20.2 Å². The summed E-state index contributed by atoms with van der Waals surface area (Å²) in [5.41, 5.74) is 2.37. The van der Waals surface area contributed by atoms with Gasteiger partial charge in [0, 0.05) is 5.02 Å². The van der Waals surface area contributed by atoms with E-state index in [1.807, 2.05) is 31.2 Å². The summed E-state index contributed by atoms with van der Waals surface area (Å²) >= 11 is 6.08. The maximum Gasteiger partial charge on any atom is 0.244 e. The summed E-state index contributed by atoms with van der Waals surface area (Å²) < 4.78 is 31.5. The Hall–Kier alpha value is -2.25. The van der Waals surface area contributed by atoms with Gasteiger partial charge in [0.1, 0.15) is 11.8 Å². The summed E-state index contributed by atoms with van der Waals surface area (Å²) in [5.74, 6) is -0.125. The molecule has 2 rings (SSSR count). The summed E-state index contributed by atoms with van der Waals surface area (Å²) in [6.45, 7) is 9.81. The third-order valence-corrected chi connectivity index (χ3v) is 6.56. The van der Waals surface area contributed by atoms with E-state index < -0.39 is 22.0 Å². The van der Waals surface area contributed by atoms with Crippen molar-refractivity contribution in [3.8, 4) is 5.75 Å². The van der Waals surface area contributed by atoms with E-state index in [0.717, 1.165) is 16.1 Å². The second-order valence-corrected chi connectivity index (χ2v) is 10.9. The van der Waals surface area contributed by atoms with Crippen molar-refractivity contribution in [1.82, 2.24) is 5.32 Å². The van der Waals surface area contributed by atoms with Crippen molar-refractivity contribution in [2.24, 2.45) is 0 Å². The summed E-state index contributed by atoms with van der Waals surface area (Å²) in [7, 11) is -2.37. The highest BCUT2D eigenvalue weighted by atomic mass is 35.5. The standard InChI is InChI=1S/C23H31ClN2O4S/c1-15(17-8-10-18(11-9-17)23(3,4)5)25-22(27)16(2)26(31(7,28)29)20-14-19(24)12-13-21(20)30-6/h8-16H,1-7H3,(H,25,27)/t15-,16-/m1/s1. The Bertz CT molecular complexity index is 1030. The molecule has 6 nitrogen and oxygen atoms in total. The fraction of sp³-hybridized carbons (Fsp3) is 0.435. The zero-order chi connectivity index (χ0) is 23.6. The third kappa shape index (κ3) is 6.14. The zero-order valence-electron chi connectivity index (χ0n) is 19.1. The van der Waals surface area contributed by atoms with Crippen LogP contribution in [0.2, 0.25) is 5.02 Å². The predicted octanol–water partition coefficient (Wildman–Crippen LogP) is 4.68. The van der Waals surface area contributed by atoms with Gasteiger partial charge in [-0.05, 0) is 48.6 Å². The van der Waals surface area contributed by atoms with E-state index in [1.54, 1.807) is 12.1 Å². The highest BCUT2D eigenvalue weighted by Gasteiger charge is 2.32. The Balaban J connectivity index is 2.29. The Morgan fingerprint density at radius 2 is 1.68 bits per heavy atom. The number of hydrogen-bond donors (Lipinski definition) is 1. The third-order valence-electron chi connectivity index (χ3n) is 5.10. The van der Waals surface area contributed by atoms with Crippen molar-refractivity contribution in [2.75, 3.05) is 17.7 Å². The number of nitrogens with one attached hydrogen (secondary N) is 1. The fourth-order valence-corrected chi connectivity index (χ4v) is 4.64. The molecule has 0 radical (unpaired) electrons. The van der Waals surface area contributed by atoms with Crippen LogP contribution < -0.4 is 14.4 Å². The highest BCUT2D eigenvalue weighted by molar-refractivity contribution is 7.92. The Labute approximate surface area is 190 Å². The van der Waals surface area contributed by atoms with Crippen molar-refractivity contribution in [2.45, 2.75) is 52.1 Å². The molecule has 0 bridgehead atoms. The first-order chi connectivity index (χ1) is 14.3. The van der Waals surface area contributed by atoms with Gasteiger partial charge in [0.2, 0.25) is 15.9 Å². The number of carbonyl (C=O) groups is 1. The fourth-order valence-electron chi connectivity index (χ4n) is 3.31. The molecule has 0 spiro atoms. The number of carbonyl (C=O) groups excluding carboxylic acids is 1. The van der Waals surface area contributed by atoms with Gasteiger partial charge in [-0.25, -0.2) is 8.42 Å². The molecule has 1 amide bonds. The average molecular weight is 467 g/mol. The van der Waals surface area contributed by atoms with Crippen LogP contribution in [0.3, 0.4) is 0 Å². The van der Waals surface area contributed by atoms with Crippen molar-refractivity contribution < 1.29 is 17.9 Å². The van der Waals surface area contributed by atoms with Crippen LogP contribution >= 0.6 is 11.6 Å². The summed E-state index contributed by atoms with van der Waals surface area (Å²) in [4.78, 5) is 13.0. The monoisotopic (exact) mass is 466 g/mol. The minimum Gasteiger partial charge on any atom is -0.495 e. The van der Waals surface area contributed by atoms with E-state index in [1.165, 1.54) is 25.7 Å². The molecule has 1 N–H and O–H groups in total. The zero-order valence-corrected chi connectivity index (χ0v) is 20.6. The maximum atomic E-state index is 13.0. The molecule has 2 aromatic rings. The van der Waals surface area contributed by atoms with Crippen LogP contribution in [0.25, 0.3) is 0 Å². The highest BCUT2D eigenvalue weighted by Crippen LogP contribution is 2.34. The van der Waals surface area contributed by atoms with Gasteiger partial charge in [-0.15, -0.1) is 0 Å². The van der Waals surface area contributed by atoms with Crippen LogP contribution in [0.1, 0.15) is 51.8 Å². The topological polar surface area (TPSA) is 75.7 Å². The molecule has 8 heteroatoms. The lowest BCUT2D eigenvalue weighted by atomic mass is 9.86. The smallest absolute Gasteiger partial charge is 0.244 e. The van der Waals surface area contributed by atoms with Crippen molar-refractivity contribution in [3.63, 3.8) is 0 Å². The van der Waals surface area contributed by atoms with Crippen LogP contribution in [0.5, 0.6) is 5.75 Å². The number of halogens is 1. The van der Waals surface area contributed by atoms with Crippen molar-refractivity contribution >= 4 is 33.2 Å². The molecule has 0 aliphatic carbocycles. The van der Waals surface area contributed by atoms with E-state index >= 15 is 0 Å². The average Bonchev–Trinajstić information content (AvgIpc) is 2.66. The number of nitrogens with zero attached hydrogens (tertiary/aromatic N) is 1. The molecule has 0 aliphatic rings. The van der Waals surface area contributed by atoms with Crippen LogP contribution in [0, 0.1) is 0 Å². The number of amides is 1. The number of hydrogen-bond acceptors (Lipinski definition) is 4.